The molecule has 0 amide bonds. The van der Waals surface area contributed by atoms with Crippen LogP contribution in [0.25, 0.3) is 0 Å². The maximum Gasteiger partial charge on any atom is 0.133 e. The van der Waals surface area contributed by atoms with Crippen LogP contribution in [0.3, 0.4) is 0 Å². The van der Waals surface area contributed by atoms with Crippen LogP contribution in [0.15, 0.2) is 47.7 Å². The number of halogens is 2. The van der Waals surface area contributed by atoms with Crippen LogP contribution in [0.4, 0.5) is 4.39 Å². The van der Waals surface area contributed by atoms with Gasteiger partial charge in [0.2, 0.25) is 0 Å². The number of allylic oxidation sites excluding steroid dienone is 4. The van der Waals surface area contributed by atoms with Crippen molar-refractivity contribution < 1.29 is 9.50 Å². The monoisotopic (exact) mass is 352 g/mol. The zero-order chi connectivity index (χ0) is 18.3. The first-order chi connectivity index (χ1) is 11.3. The minimum Gasteiger partial charge on any atom is -0.507 e. The second-order valence-corrected chi connectivity index (χ2v) is 6.29. The molecule has 0 saturated carbocycles. The van der Waals surface area contributed by atoms with Gasteiger partial charge in [-0.3, -0.25) is 4.90 Å². The van der Waals surface area contributed by atoms with Crippen LogP contribution in [0, 0.1) is 5.82 Å². The molecule has 0 radical (unpaired) electrons. The summed E-state index contributed by atoms with van der Waals surface area (Å²) in [4.78, 5) is 1.92. The van der Waals surface area contributed by atoms with Gasteiger partial charge in [-0.1, -0.05) is 48.4 Å². The zero-order valence-corrected chi connectivity index (χ0v) is 15.4. The molecule has 3 N–H and O–H groups in total. The minimum absolute atomic E-state index is 0.155. The molecule has 24 heavy (non-hydrogen) atoms. The van der Waals surface area contributed by atoms with Crippen molar-refractivity contribution >= 4 is 11.6 Å². The highest BCUT2D eigenvalue weighted by Crippen LogP contribution is 2.37. The van der Waals surface area contributed by atoms with Crippen LogP contribution in [-0.4, -0.2) is 23.6 Å². The van der Waals surface area contributed by atoms with Crippen molar-refractivity contribution in [2.75, 3.05) is 13.6 Å². The Morgan fingerprint density at radius 1 is 1.42 bits per heavy atom. The van der Waals surface area contributed by atoms with Gasteiger partial charge >= 0.3 is 0 Å². The largest absolute Gasteiger partial charge is 0.507 e. The van der Waals surface area contributed by atoms with Crippen molar-refractivity contribution in [1.82, 2.24) is 4.90 Å². The summed E-state index contributed by atoms with van der Waals surface area (Å²) < 4.78 is 14.5. The van der Waals surface area contributed by atoms with E-state index in [0.29, 0.717) is 12.2 Å². The van der Waals surface area contributed by atoms with Crippen LogP contribution in [-0.2, 0) is 0 Å². The van der Waals surface area contributed by atoms with Crippen LogP contribution in [0.2, 0.25) is 5.02 Å². The Morgan fingerprint density at radius 3 is 2.62 bits per heavy atom. The molecule has 0 bridgehead atoms. The Bertz CT molecular complexity index is 626. The van der Waals surface area contributed by atoms with E-state index < -0.39 is 11.9 Å². The van der Waals surface area contributed by atoms with E-state index in [0.717, 1.165) is 12.0 Å². The molecule has 0 aromatic heterocycles. The van der Waals surface area contributed by atoms with Gasteiger partial charge in [0, 0.05) is 17.3 Å². The van der Waals surface area contributed by atoms with E-state index in [1.165, 1.54) is 12.1 Å². The molecule has 0 heterocycles. The van der Waals surface area contributed by atoms with Crippen molar-refractivity contribution in [3.63, 3.8) is 0 Å². The fourth-order valence-electron chi connectivity index (χ4n) is 2.48. The smallest absolute Gasteiger partial charge is 0.133 e. The van der Waals surface area contributed by atoms with Crippen molar-refractivity contribution in [3.8, 4) is 5.75 Å². The summed E-state index contributed by atoms with van der Waals surface area (Å²) >= 11 is 5.83. The van der Waals surface area contributed by atoms with Crippen LogP contribution in [0.5, 0.6) is 5.75 Å². The van der Waals surface area contributed by atoms with Gasteiger partial charge < -0.3 is 10.8 Å². The first-order valence-electron chi connectivity index (χ1n) is 7.91. The zero-order valence-electron chi connectivity index (χ0n) is 14.7. The number of hydrogen-bond acceptors (Lipinski definition) is 3. The van der Waals surface area contributed by atoms with Crippen molar-refractivity contribution in [1.29, 1.82) is 0 Å². The Hall–Kier alpha value is -1.78. The summed E-state index contributed by atoms with van der Waals surface area (Å²) in [7, 11) is 1.86. The SMILES string of the molecule is CC/C=C\C=C(/C)C(c1c(O)cc(Cl)cc1F)N(C)C/C=C(\C)N. The predicted octanol–water partition coefficient (Wildman–Crippen LogP) is 4.93. The molecular formula is C19H26ClFN2O. The molecule has 0 saturated heterocycles. The second-order valence-electron chi connectivity index (χ2n) is 5.86. The van der Waals surface area contributed by atoms with E-state index in [-0.39, 0.29) is 16.3 Å². The standard InChI is InChI=1S/C19H26ClFN2O/c1-5-6-7-8-13(2)19(23(4)10-9-14(3)22)18-16(21)11-15(20)12-17(18)24/h6-9,11-12,19,24H,5,10,22H2,1-4H3/b7-6-,13-8+,14-9+. The quantitative estimate of drug-likeness (QED) is 0.684. The number of phenolic OH excluding ortho intramolecular Hbond substituents is 1. The maximum atomic E-state index is 14.5. The topological polar surface area (TPSA) is 49.5 Å². The van der Waals surface area contributed by atoms with Gasteiger partial charge in [0.15, 0.2) is 0 Å². The number of aromatic hydroxyl groups is 1. The van der Waals surface area contributed by atoms with Gasteiger partial charge in [0.1, 0.15) is 11.6 Å². The first kappa shape index (κ1) is 20.3. The number of nitrogens with two attached hydrogens (primary N) is 1. The Kier molecular flexibility index (Phi) is 8.02. The van der Waals surface area contributed by atoms with Gasteiger partial charge in [0.05, 0.1) is 11.6 Å². The lowest BCUT2D eigenvalue weighted by Gasteiger charge is -2.29. The number of rotatable bonds is 7. The highest BCUT2D eigenvalue weighted by molar-refractivity contribution is 6.30. The number of likely N-dealkylation sites (N-methyl/N-ethyl adjacent to an activating group) is 1. The van der Waals surface area contributed by atoms with E-state index in [4.69, 9.17) is 17.3 Å². The summed E-state index contributed by atoms with van der Waals surface area (Å²) in [5, 5.41) is 10.4. The third-order valence-electron chi connectivity index (χ3n) is 3.65. The molecule has 1 aromatic rings. The molecular weight excluding hydrogens is 327 g/mol. The summed E-state index contributed by atoms with van der Waals surface area (Å²) in [5.41, 5.74) is 7.51. The first-order valence-corrected chi connectivity index (χ1v) is 8.29. The average molecular weight is 353 g/mol. The molecule has 3 nitrogen and oxygen atoms in total. The Morgan fingerprint density at radius 2 is 2.08 bits per heavy atom. The third-order valence-corrected chi connectivity index (χ3v) is 3.87. The molecule has 0 fully saturated rings. The molecule has 132 valence electrons. The van der Waals surface area contributed by atoms with Gasteiger partial charge in [-0.25, -0.2) is 4.39 Å². The van der Waals surface area contributed by atoms with E-state index in [2.05, 4.69) is 0 Å². The van der Waals surface area contributed by atoms with E-state index in [1.807, 2.05) is 50.1 Å². The summed E-state index contributed by atoms with van der Waals surface area (Å²) in [6, 6.07) is 2.15. The normalized spacial score (nSPS) is 14.6. The van der Waals surface area contributed by atoms with E-state index in [9.17, 15) is 9.50 Å². The lowest BCUT2D eigenvalue weighted by Crippen LogP contribution is -2.27. The molecule has 0 aliphatic heterocycles. The van der Waals surface area contributed by atoms with E-state index >= 15 is 0 Å². The number of benzene rings is 1. The van der Waals surface area contributed by atoms with Crippen molar-refractivity contribution in [2.24, 2.45) is 5.73 Å². The van der Waals surface area contributed by atoms with Gasteiger partial charge in [-0.05, 0) is 39.4 Å². The van der Waals surface area contributed by atoms with Gasteiger partial charge in [-0.15, -0.1) is 0 Å². The lowest BCUT2D eigenvalue weighted by molar-refractivity contribution is 0.289. The minimum atomic E-state index is -0.530. The molecule has 1 atom stereocenters. The molecule has 0 aliphatic rings. The molecule has 1 rings (SSSR count). The third kappa shape index (κ3) is 5.69. The predicted molar refractivity (Wildman–Crippen MR) is 99.6 cm³/mol. The van der Waals surface area contributed by atoms with Crippen molar-refractivity contribution in [2.45, 2.75) is 33.2 Å². The molecule has 0 spiro atoms. The fourth-order valence-corrected chi connectivity index (χ4v) is 2.68. The average Bonchev–Trinajstić information content (AvgIpc) is 2.48. The second kappa shape index (κ2) is 9.50. The summed E-state index contributed by atoms with van der Waals surface area (Å²) in [5.74, 6) is -0.685. The summed E-state index contributed by atoms with van der Waals surface area (Å²) in [6.07, 6.45) is 8.65. The maximum absolute atomic E-state index is 14.5. The van der Waals surface area contributed by atoms with Gasteiger partial charge in [-0.2, -0.15) is 0 Å². The lowest BCUT2D eigenvalue weighted by atomic mass is 9.96. The number of nitrogens with zero attached hydrogens (tertiary/aromatic N) is 1. The molecule has 5 heteroatoms. The van der Waals surface area contributed by atoms with Crippen molar-refractivity contribution in [3.05, 3.63) is 64.1 Å². The Balaban J connectivity index is 3.35. The molecule has 1 aromatic carbocycles. The molecule has 1 unspecified atom stereocenters. The van der Waals surface area contributed by atoms with Gasteiger partial charge in [0.25, 0.3) is 0 Å². The number of hydrogen-bond donors (Lipinski definition) is 2. The fraction of sp³-hybridized carbons (Fsp3) is 0.368. The van der Waals surface area contributed by atoms with E-state index in [1.54, 1.807) is 6.92 Å². The van der Waals surface area contributed by atoms with Crippen LogP contribution >= 0.6 is 11.6 Å². The summed E-state index contributed by atoms with van der Waals surface area (Å²) in [6.45, 7) is 6.28. The highest BCUT2D eigenvalue weighted by atomic mass is 35.5. The van der Waals surface area contributed by atoms with Crippen LogP contribution < -0.4 is 5.73 Å². The number of phenols is 1. The highest BCUT2D eigenvalue weighted by Gasteiger charge is 2.25. The molecule has 0 aliphatic carbocycles. The Labute approximate surface area is 148 Å². The van der Waals surface area contributed by atoms with Crippen LogP contribution in [0.1, 0.15) is 38.8 Å².